The monoisotopic (exact) mass is 268 g/mol. The number of fused-ring (bicyclic) bond motifs is 1. The first-order valence-electron chi connectivity index (χ1n) is 5.54. The van der Waals surface area contributed by atoms with E-state index >= 15 is 0 Å². The Morgan fingerprint density at radius 1 is 1.20 bits per heavy atom. The normalized spacial score (nSPS) is 18.7. The molecule has 1 aliphatic heterocycles. The van der Waals surface area contributed by atoms with E-state index in [1.165, 1.54) is 29.3 Å². The topological polar surface area (TPSA) is 17.1 Å². The maximum atomic E-state index is 12.1. The van der Waals surface area contributed by atoms with Gasteiger partial charge in [0.2, 0.25) is 0 Å². The van der Waals surface area contributed by atoms with Gasteiger partial charge in [0.05, 0.1) is 0 Å². The molecule has 1 heterocycles. The Kier molecular flexibility index (Phi) is 3.50. The molecular formula is C13H16OSe. The van der Waals surface area contributed by atoms with Crippen molar-refractivity contribution in [1.29, 1.82) is 0 Å². The number of hydrogen-bond donors (Lipinski definition) is 0. The molecule has 0 saturated heterocycles. The maximum absolute atomic E-state index is 12.1. The summed E-state index contributed by atoms with van der Waals surface area (Å²) in [6.45, 7) is 2.20. The van der Waals surface area contributed by atoms with Crippen molar-refractivity contribution in [2.75, 3.05) is 0 Å². The van der Waals surface area contributed by atoms with Gasteiger partial charge in [-0.3, -0.25) is 0 Å². The van der Waals surface area contributed by atoms with Gasteiger partial charge >= 0.3 is 95.1 Å². The quantitative estimate of drug-likeness (QED) is 0.605. The van der Waals surface area contributed by atoms with Crippen LogP contribution in [0.25, 0.3) is 6.08 Å². The number of benzene rings is 1. The summed E-state index contributed by atoms with van der Waals surface area (Å²) in [4.78, 5) is 0. The van der Waals surface area contributed by atoms with Crippen LogP contribution in [0.4, 0.5) is 0 Å². The Bertz CT molecular complexity index is 407. The van der Waals surface area contributed by atoms with Crippen molar-refractivity contribution >= 4 is 24.4 Å². The van der Waals surface area contributed by atoms with E-state index in [9.17, 15) is 3.83 Å². The Labute approximate surface area is 95.3 Å². The average molecular weight is 267 g/mol. The predicted octanol–water partition coefficient (Wildman–Crippen LogP) is 2.83. The second-order valence-corrected chi connectivity index (χ2v) is 7.02. The van der Waals surface area contributed by atoms with Gasteiger partial charge in [-0.25, -0.2) is 0 Å². The minimum absolute atomic E-state index is 1.02. The Morgan fingerprint density at radius 3 is 2.73 bits per heavy atom. The second kappa shape index (κ2) is 4.87. The third-order valence-corrected chi connectivity index (χ3v) is 5.99. The van der Waals surface area contributed by atoms with Crippen molar-refractivity contribution in [2.24, 2.45) is 0 Å². The fraction of sp³-hybridized carbons (Fsp3) is 0.385. The molecule has 0 fully saturated rings. The van der Waals surface area contributed by atoms with Crippen LogP contribution in [0.3, 0.4) is 0 Å². The van der Waals surface area contributed by atoms with Crippen molar-refractivity contribution in [1.82, 2.24) is 0 Å². The molecule has 1 unspecified atom stereocenters. The Morgan fingerprint density at radius 2 is 2.00 bits per heavy atom. The van der Waals surface area contributed by atoms with Crippen molar-refractivity contribution in [3.8, 4) is 0 Å². The molecule has 15 heavy (non-hydrogen) atoms. The molecule has 0 amide bonds. The van der Waals surface area contributed by atoms with Gasteiger partial charge < -0.3 is 0 Å². The molecule has 0 aliphatic carbocycles. The van der Waals surface area contributed by atoms with E-state index in [0.717, 1.165) is 10.9 Å². The van der Waals surface area contributed by atoms with E-state index in [4.69, 9.17) is 0 Å². The fourth-order valence-electron chi connectivity index (χ4n) is 1.85. The van der Waals surface area contributed by atoms with E-state index in [0.29, 0.717) is 0 Å². The van der Waals surface area contributed by atoms with Crippen LogP contribution in [0.2, 0.25) is 0 Å². The number of allylic oxidation sites excluding steroid dienone is 1. The van der Waals surface area contributed by atoms with Gasteiger partial charge in [-0.1, -0.05) is 0 Å². The average Bonchev–Trinajstić information content (AvgIpc) is 2.57. The van der Waals surface area contributed by atoms with Crippen molar-refractivity contribution in [2.45, 2.75) is 32.6 Å². The summed E-state index contributed by atoms with van der Waals surface area (Å²) in [7, 11) is 0. The van der Waals surface area contributed by atoms with E-state index in [-0.39, 0.29) is 0 Å². The van der Waals surface area contributed by atoms with Gasteiger partial charge in [0.25, 0.3) is 0 Å². The molecular weight excluding hydrogens is 251 g/mol. The molecule has 0 spiro atoms. The van der Waals surface area contributed by atoms with Gasteiger partial charge in [0.15, 0.2) is 0 Å². The molecule has 0 bridgehead atoms. The summed E-state index contributed by atoms with van der Waals surface area (Å²) in [5, 5.41) is 0. The zero-order valence-electron chi connectivity index (χ0n) is 9.03. The Hall–Kier alpha value is -0.721. The summed E-state index contributed by atoms with van der Waals surface area (Å²) in [6.07, 6.45) is 6.81. The molecule has 0 radical (unpaired) electrons. The Balaban J connectivity index is 2.09. The second-order valence-electron chi connectivity index (χ2n) is 3.87. The third-order valence-electron chi connectivity index (χ3n) is 2.70. The van der Waals surface area contributed by atoms with Gasteiger partial charge in [0.1, 0.15) is 0 Å². The van der Waals surface area contributed by atoms with Crippen LogP contribution in [0.15, 0.2) is 28.7 Å². The van der Waals surface area contributed by atoms with E-state index in [1.807, 2.05) is 18.2 Å². The third kappa shape index (κ3) is 2.27. The summed E-state index contributed by atoms with van der Waals surface area (Å²) in [6, 6.07) is 8.08. The number of hydrogen-bond acceptors (Lipinski definition) is 1. The molecule has 1 aromatic carbocycles. The van der Waals surface area contributed by atoms with Gasteiger partial charge in [-0.2, -0.15) is 0 Å². The number of unbranched alkanes of at least 4 members (excludes halogenated alkanes) is 2. The molecule has 1 nitrogen and oxygen atoms in total. The number of rotatable bonds is 4. The zero-order valence-corrected chi connectivity index (χ0v) is 10.7. The van der Waals surface area contributed by atoms with Crippen molar-refractivity contribution in [3.63, 3.8) is 0 Å². The summed E-state index contributed by atoms with van der Waals surface area (Å²) in [5.41, 5.74) is 1.18. The molecule has 0 aromatic heterocycles. The van der Waals surface area contributed by atoms with Crippen LogP contribution < -0.4 is 4.46 Å². The first-order valence-corrected chi connectivity index (χ1v) is 7.95. The molecule has 0 saturated carbocycles. The summed E-state index contributed by atoms with van der Waals surface area (Å²) in [5.74, 6) is 0. The van der Waals surface area contributed by atoms with Gasteiger partial charge in [-0.05, 0) is 0 Å². The minimum atomic E-state index is -1.85. The molecule has 1 aliphatic rings. The molecule has 80 valence electrons. The molecule has 1 aromatic rings. The first kappa shape index (κ1) is 10.8. The van der Waals surface area contributed by atoms with Crippen LogP contribution in [0.1, 0.15) is 38.2 Å². The SMILES string of the molecule is CCCCCC1=Cc2ccccc2[Se]1=O. The van der Waals surface area contributed by atoms with Crippen molar-refractivity contribution in [3.05, 3.63) is 34.3 Å². The van der Waals surface area contributed by atoms with Crippen LogP contribution in [-0.4, -0.2) is 13.8 Å². The molecule has 0 N–H and O–H groups in total. The van der Waals surface area contributed by atoms with Crippen LogP contribution in [-0.2, 0) is 3.83 Å². The standard InChI is InChI=1S/C13H16OSe/c1-2-3-4-8-12-10-11-7-5-6-9-13(11)15(12)14/h5-7,9-10H,2-4,8H2,1H3. The van der Waals surface area contributed by atoms with Gasteiger partial charge in [0, 0.05) is 0 Å². The molecule has 2 heteroatoms. The van der Waals surface area contributed by atoms with E-state index < -0.39 is 13.8 Å². The van der Waals surface area contributed by atoms with Gasteiger partial charge in [-0.15, -0.1) is 0 Å². The van der Waals surface area contributed by atoms with E-state index in [1.54, 1.807) is 0 Å². The van der Waals surface area contributed by atoms with Crippen LogP contribution >= 0.6 is 0 Å². The van der Waals surface area contributed by atoms with Crippen LogP contribution in [0.5, 0.6) is 0 Å². The summed E-state index contributed by atoms with van der Waals surface area (Å²) >= 11 is -1.85. The summed E-state index contributed by atoms with van der Waals surface area (Å²) < 4.78 is 14.4. The fourth-order valence-corrected chi connectivity index (χ4v) is 4.77. The first-order chi connectivity index (χ1) is 7.33. The molecule has 1 atom stereocenters. The zero-order chi connectivity index (χ0) is 10.7. The van der Waals surface area contributed by atoms with Crippen LogP contribution in [0, 0.1) is 0 Å². The van der Waals surface area contributed by atoms with Crippen molar-refractivity contribution < 1.29 is 3.83 Å². The predicted molar refractivity (Wildman–Crippen MR) is 64.6 cm³/mol. The molecule has 2 rings (SSSR count). The van der Waals surface area contributed by atoms with E-state index in [2.05, 4.69) is 19.1 Å².